The van der Waals surface area contributed by atoms with Crippen molar-refractivity contribution in [2.75, 3.05) is 6.54 Å². The number of hydrogen-bond donors (Lipinski definition) is 1. The minimum atomic E-state index is 0.774. The molecule has 0 aromatic heterocycles. The molecule has 0 aromatic carbocycles. The Bertz CT molecular complexity index is 138. The second kappa shape index (κ2) is 4.00. The van der Waals surface area contributed by atoms with Crippen LogP contribution in [0.4, 0.5) is 0 Å². The molecule has 2 saturated carbocycles. The Kier molecular flexibility index (Phi) is 2.92. The summed E-state index contributed by atoms with van der Waals surface area (Å²) in [5, 5.41) is 0. The minimum Gasteiger partial charge on any atom is -0.330 e. The molecule has 0 unspecified atom stereocenters. The molecule has 2 N–H and O–H groups in total. The van der Waals surface area contributed by atoms with Crippen LogP contribution in [0.15, 0.2) is 0 Å². The molecule has 1 atom stereocenters. The molecule has 0 bridgehead atoms. The van der Waals surface area contributed by atoms with E-state index in [9.17, 15) is 0 Å². The highest BCUT2D eigenvalue weighted by molar-refractivity contribution is 4.89. The molecule has 0 radical (unpaired) electrons. The van der Waals surface area contributed by atoms with E-state index in [0.29, 0.717) is 0 Å². The first kappa shape index (κ1) is 9.51. The van der Waals surface area contributed by atoms with Crippen molar-refractivity contribution < 1.29 is 0 Å². The van der Waals surface area contributed by atoms with Crippen molar-refractivity contribution in [3.63, 3.8) is 0 Å². The molecule has 0 aliphatic heterocycles. The van der Waals surface area contributed by atoms with E-state index < -0.39 is 0 Å². The molecule has 2 fully saturated rings. The van der Waals surface area contributed by atoms with Gasteiger partial charge in [-0.05, 0) is 30.2 Å². The summed E-state index contributed by atoms with van der Waals surface area (Å²) in [5.74, 6) is 3.84. The van der Waals surface area contributed by atoms with Crippen LogP contribution in [0.3, 0.4) is 0 Å². The van der Waals surface area contributed by atoms with Crippen LogP contribution in [0, 0.1) is 23.7 Å². The Morgan fingerprint density at radius 1 is 1.08 bits per heavy atom. The van der Waals surface area contributed by atoms with Crippen LogP contribution < -0.4 is 5.73 Å². The molecule has 76 valence electrons. The molecule has 13 heavy (non-hydrogen) atoms. The molecule has 0 aromatic rings. The van der Waals surface area contributed by atoms with Gasteiger partial charge in [-0.1, -0.05) is 45.4 Å². The lowest BCUT2D eigenvalue weighted by Crippen LogP contribution is -2.38. The van der Waals surface area contributed by atoms with E-state index in [0.717, 1.165) is 30.2 Å². The Labute approximate surface area is 82.1 Å². The van der Waals surface area contributed by atoms with Gasteiger partial charge in [-0.2, -0.15) is 0 Å². The van der Waals surface area contributed by atoms with Crippen molar-refractivity contribution in [1.82, 2.24) is 0 Å². The van der Waals surface area contributed by atoms with Crippen LogP contribution in [0.1, 0.15) is 45.4 Å². The summed E-state index contributed by atoms with van der Waals surface area (Å²) in [6, 6.07) is 0. The van der Waals surface area contributed by atoms with Gasteiger partial charge in [0, 0.05) is 0 Å². The maximum absolute atomic E-state index is 5.81. The van der Waals surface area contributed by atoms with Gasteiger partial charge in [0.2, 0.25) is 0 Å². The van der Waals surface area contributed by atoms with E-state index in [1.807, 2.05) is 0 Å². The van der Waals surface area contributed by atoms with E-state index in [1.165, 1.54) is 38.5 Å². The summed E-state index contributed by atoms with van der Waals surface area (Å²) in [6.45, 7) is 3.26. The Morgan fingerprint density at radius 2 is 1.54 bits per heavy atom. The first-order valence-electron chi connectivity index (χ1n) is 6.03. The quantitative estimate of drug-likeness (QED) is 0.709. The van der Waals surface area contributed by atoms with E-state index >= 15 is 0 Å². The van der Waals surface area contributed by atoms with E-state index in [4.69, 9.17) is 5.73 Å². The fourth-order valence-corrected chi connectivity index (χ4v) is 3.12. The van der Waals surface area contributed by atoms with Crippen LogP contribution in [-0.2, 0) is 0 Å². The van der Waals surface area contributed by atoms with E-state index in [2.05, 4.69) is 6.92 Å². The van der Waals surface area contributed by atoms with Gasteiger partial charge in [-0.25, -0.2) is 0 Å². The number of hydrogen-bond acceptors (Lipinski definition) is 1. The molecule has 0 saturated heterocycles. The lowest BCUT2D eigenvalue weighted by molar-refractivity contribution is 0.0533. The highest BCUT2D eigenvalue weighted by atomic mass is 14.6. The first-order chi connectivity index (χ1) is 6.33. The van der Waals surface area contributed by atoms with Gasteiger partial charge in [0.05, 0.1) is 0 Å². The Morgan fingerprint density at radius 3 is 1.77 bits per heavy atom. The van der Waals surface area contributed by atoms with Gasteiger partial charge < -0.3 is 5.73 Å². The zero-order chi connectivity index (χ0) is 9.26. The average Bonchev–Trinajstić information content (AvgIpc) is 1.95. The van der Waals surface area contributed by atoms with Crippen molar-refractivity contribution in [2.24, 2.45) is 29.4 Å². The van der Waals surface area contributed by atoms with E-state index in [-0.39, 0.29) is 0 Å². The summed E-state index contributed by atoms with van der Waals surface area (Å²) < 4.78 is 0. The standard InChI is InChI=1S/C12H23N/c1-9(8-13)12(10-4-2-5-10)11-6-3-7-11/h9-12H,2-8,13H2,1H3/t9-/m1/s1. The van der Waals surface area contributed by atoms with Crippen LogP contribution in [0.25, 0.3) is 0 Å². The molecule has 1 heteroatoms. The minimum absolute atomic E-state index is 0.774. The molecular weight excluding hydrogens is 158 g/mol. The lowest BCUT2D eigenvalue weighted by atomic mass is 9.60. The Balaban J connectivity index is 1.92. The third-order valence-electron chi connectivity index (χ3n) is 4.42. The summed E-state index contributed by atoms with van der Waals surface area (Å²) in [6.07, 6.45) is 8.92. The predicted octanol–water partition coefficient (Wildman–Crippen LogP) is 2.80. The number of rotatable bonds is 4. The molecule has 0 spiro atoms. The highest BCUT2D eigenvalue weighted by Crippen LogP contribution is 2.47. The van der Waals surface area contributed by atoms with Crippen molar-refractivity contribution >= 4 is 0 Å². The van der Waals surface area contributed by atoms with Crippen LogP contribution >= 0.6 is 0 Å². The van der Waals surface area contributed by atoms with Crippen molar-refractivity contribution in [3.05, 3.63) is 0 Å². The maximum Gasteiger partial charge on any atom is -0.00487 e. The summed E-state index contributed by atoms with van der Waals surface area (Å²) in [7, 11) is 0. The summed E-state index contributed by atoms with van der Waals surface area (Å²) in [5.41, 5.74) is 5.81. The van der Waals surface area contributed by atoms with Crippen LogP contribution in [0.2, 0.25) is 0 Å². The summed E-state index contributed by atoms with van der Waals surface area (Å²) in [4.78, 5) is 0. The third-order valence-corrected chi connectivity index (χ3v) is 4.42. The van der Waals surface area contributed by atoms with Crippen molar-refractivity contribution in [3.8, 4) is 0 Å². The maximum atomic E-state index is 5.81. The largest absolute Gasteiger partial charge is 0.330 e. The van der Waals surface area contributed by atoms with Gasteiger partial charge >= 0.3 is 0 Å². The SMILES string of the molecule is C[C@H](CN)C(C1CCC1)C1CCC1. The average molecular weight is 181 g/mol. The second-order valence-electron chi connectivity index (χ2n) is 5.17. The molecule has 2 rings (SSSR count). The fraction of sp³-hybridized carbons (Fsp3) is 1.00. The van der Waals surface area contributed by atoms with Crippen LogP contribution in [0.5, 0.6) is 0 Å². The normalized spacial score (nSPS) is 27.0. The fourth-order valence-electron chi connectivity index (χ4n) is 3.12. The van der Waals surface area contributed by atoms with Crippen molar-refractivity contribution in [1.29, 1.82) is 0 Å². The molecule has 0 heterocycles. The van der Waals surface area contributed by atoms with Gasteiger partial charge in [0.1, 0.15) is 0 Å². The zero-order valence-electron chi connectivity index (χ0n) is 8.84. The topological polar surface area (TPSA) is 26.0 Å². The molecule has 0 amide bonds. The van der Waals surface area contributed by atoms with Crippen molar-refractivity contribution in [2.45, 2.75) is 45.4 Å². The Hall–Kier alpha value is -0.0400. The van der Waals surface area contributed by atoms with E-state index in [1.54, 1.807) is 0 Å². The molecule has 1 nitrogen and oxygen atoms in total. The zero-order valence-corrected chi connectivity index (χ0v) is 8.84. The smallest absolute Gasteiger partial charge is 0.00487 e. The number of nitrogens with two attached hydrogens (primary N) is 1. The predicted molar refractivity (Wildman–Crippen MR) is 56.4 cm³/mol. The molecular formula is C12H23N. The van der Waals surface area contributed by atoms with Crippen LogP contribution in [-0.4, -0.2) is 6.54 Å². The first-order valence-corrected chi connectivity index (χ1v) is 6.03. The highest BCUT2D eigenvalue weighted by Gasteiger charge is 2.38. The summed E-state index contributed by atoms with van der Waals surface area (Å²) >= 11 is 0. The molecule has 2 aliphatic rings. The molecule has 2 aliphatic carbocycles. The van der Waals surface area contributed by atoms with Gasteiger partial charge in [0.15, 0.2) is 0 Å². The monoisotopic (exact) mass is 181 g/mol. The van der Waals surface area contributed by atoms with Gasteiger partial charge in [-0.15, -0.1) is 0 Å². The second-order valence-corrected chi connectivity index (χ2v) is 5.17. The third kappa shape index (κ3) is 1.76. The van der Waals surface area contributed by atoms with Gasteiger partial charge in [-0.3, -0.25) is 0 Å². The lowest BCUT2D eigenvalue weighted by Gasteiger charge is -2.45. The van der Waals surface area contributed by atoms with Gasteiger partial charge in [0.25, 0.3) is 0 Å².